The third-order valence-electron chi connectivity index (χ3n) is 6.13. The number of hydrogen-bond acceptors (Lipinski definition) is 6. The molecule has 1 spiro atoms. The molecule has 0 aromatic heterocycles. The summed E-state index contributed by atoms with van der Waals surface area (Å²) >= 11 is 0. The van der Waals surface area contributed by atoms with Crippen LogP contribution in [0.25, 0.3) is 0 Å². The molecule has 2 aromatic rings. The molecule has 1 amide bonds. The number of hydrogen-bond donors (Lipinski definition) is 0. The van der Waals surface area contributed by atoms with Gasteiger partial charge in [-0.3, -0.25) is 9.59 Å². The third kappa shape index (κ3) is 4.17. The fourth-order valence-electron chi connectivity index (χ4n) is 4.32. The molecule has 0 N–H and O–H groups in total. The average molecular weight is 425 g/mol. The molecule has 2 aromatic carbocycles. The van der Waals surface area contributed by atoms with Gasteiger partial charge in [-0.2, -0.15) is 0 Å². The molecule has 0 saturated carbocycles. The predicted octanol–water partition coefficient (Wildman–Crippen LogP) is 3.28. The summed E-state index contributed by atoms with van der Waals surface area (Å²) in [6, 6.07) is 10.8. The van der Waals surface area contributed by atoms with Crippen LogP contribution in [0.2, 0.25) is 0 Å². The molecule has 0 unspecified atom stereocenters. The van der Waals surface area contributed by atoms with E-state index < -0.39 is 5.60 Å². The van der Waals surface area contributed by atoms with E-state index in [0.29, 0.717) is 60.9 Å². The van der Waals surface area contributed by atoms with Crippen LogP contribution in [-0.2, 0) is 11.2 Å². The van der Waals surface area contributed by atoms with Gasteiger partial charge in [0.15, 0.2) is 17.3 Å². The molecule has 0 bridgehead atoms. The van der Waals surface area contributed by atoms with Crippen LogP contribution in [0, 0.1) is 0 Å². The smallest absolute Gasteiger partial charge is 0.226 e. The van der Waals surface area contributed by atoms with E-state index in [9.17, 15) is 9.59 Å². The van der Waals surface area contributed by atoms with Crippen molar-refractivity contribution in [3.05, 3.63) is 47.5 Å². The van der Waals surface area contributed by atoms with E-state index in [1.54, 1.807) is 45.6 Å². The number of piperidine rings is 1. The maximum absolute atomic E-state index is 12.9. The summed E-state index contributed by atoms with van der Waals surface area (Å²) in [4.78, 5) is 27.5. The largest absolute Gasteiger partial charge is 0.497 e. The minimum absolute atomic E-state index is 0.0503. The highest BCUT2D eigenvalue weighted by atomic mass is 16.5. The van der Waals surface area contributed by atoms with E-state index in [2.05, 4.69) is 0 Å². The molecule has 7 nitrogen and oxygen atoms in total. The number of benzene rings is 2. The quantitative estimate of drug-likeness (QED) is 0.732. The third-order valence-corrected chi connectivity index (χ3v) is 6.13. The first-order valence-electron chi connectivity index (χ1n) is 10.4. The van der Waals surface area contributed by atoms with Crippen LogP contribution >= 0.6 is 0 Å². The van der Waals surface area contributed by atoms with Gasteiger partial charge in [0, 0.05) is 25.9 Å². The van der Waals surface area contributed by atoms with Crippen molar-refractivity contribution < 1.29 is 28.5 Å². The molecular weight excluding hydrogens is 398 g/mol. The first-order valence-corrected chi connectivity index (χ1v) is 10.4. The van der Waals surface area contributed by atoms with Crippen molar-refractivity contribution in [1.82, 2.24) is 4.90 Å². The number of fused-ring (bicyclic) bond motifs is 1. The van der Waals surface area contributed by atoms with Crippen LogP contribution in [0.15, 0.2) is 36.4 Å². The summed E-state index contributed by atoms with van der Waals surface area (Å²) in [5, 5.41) is 0. The molecule has 2 aliphatic heterocycles. The van der Waals surface area contributed by atoms with Crippen LogP contribution in [0.4, 0.5) is 0 Å². The Morgan fingerprint density at radius 3 is 2.42 bits per heavy atom. The Morgan fingerprint density at radius 2 is 1.74 bits per heavy atom. The van der Waals surface area contributed by atoms with Crippen LogP contribution in [0.1, 0.15) is 35.2 Å². The summed E-state index contributed by atoms with van der Waals surface area (Å²) in [6.07, 6.45) is 1.87. The number of rotatable bonds is 5. The van der Waals surface area contributed by atoms with Gasteiger partial charge in [0.1, 0.15) is 17.1 Å². The van der Waals surface area contributed by atoms with Gasteiger partial charge in [0.25, 0.3) is 0 Å². The van der Waals surface area contributed by atoms with Crippen LogP contribution in [0.5, 0.6) is 23.0 Å². The number of ether oxygens (including phenoxy) is 4. The molecule has 31 heavy (non-hydrogen) atoms. The second-order valence-electron chi connectivity index (χ2n) is 7.99. The Labute approximate surface area is 181 Å². The molecule has 0 aliphatic carbocycles. The Morgan fingerprint density at radius 1 is 1.00 bits per heavy atom. The lowest BCUT2D eigenvalue weighted by Gasteiger charge is -2.44. The highest BCUT2D eigenvalue weighted by Crippen LogP contribution is 2.40. The van der Waals surface area contributed by atoms with E-state index in [4.69, 9.17) is 18.9 Å². The standard InChI is InChI=1S/C24H27NO6/c1-28-17-5-7-20-18(14-17)19(26)15-24(31-20)8-10-25(11-9-24)23(27)13-16-4-6-21(29-2)22(12-16)30-3/h4-7,12,14H,8-11,13,15H2,1-3H3. The molecule has 0 radical (unpaired) electrons. The Kier molecular flexibility index (Phi) is 5.76. The number of ketones is 1. The zero-order valence-electron chi connectivity index (χ0n) is 18.1. The van der Waals surface area contributed by atoms with Gasteiger partial charge in [-0.15, -0.1) is 0 Å². The second-order valence-corrected chi connectivity index (χ2v) is 7.99. The van der Waals surface area contributed by atoms with Gasteiger partial charge in [-0.25, -0.2) is 0 Å². The second kappa shape index (κ2) is 8.49. The lowest BCUT2D eigenvalue weighted by atomic mass is 9.82. The summed E-state index contributed by atoms with van der Waals surface area (Å²) in [6.45, 7) is 1.12. The minimum atomic E-state index is -0.543. The number of likely N-dealkylation sites (tertiary alicyclic amines) is 1. The van der Waals surface area contributed by atoms with Crippen molar-refractivity contribution in [3.8, 4) is 23.0 Å². The van der Waals surface area contributed by atoms with Crippen LogP contribution in [0.3, 0.4) is 0 Å². The van der Waals surface area contributed by atoms with Crippen molar-refractivity contribution in [2.75, 3.05) is 34.4 Å². The normalized spacial score (nSPS) is 17.0. The fraction of sp³-hybridized carbons (Fsp3) is 0.417. The molecule has 1 fully saturated rings. The molecule has 2 heterocycles. The summed E-state index contributed by atoms with van der Waals surface area (Å²) < 4.78 is 22.1. The van der Waals surface area contributed by atoms with Gasteiger partial charge in [0.05, 0.1) is 39.7 Å². The van der Waals surface area contributed by atoms with Crippen molar-refractivity contribution in [3.63, 3.8) is 0 Å². The number of methoxy groups -OCH3 is 3. The number of carbonyl (C=O) groups excluding carboxylic acids is 2. The van der Waals surface area contributed by atoms with E-state index in [1.807, 2.05) is 17.0 Å². The molecule has 1 saturated heterocycles. The summed E-state index contributed by atoms with van der Waals surface area (Å²) in [5.74, 6) is 2.59. The van der Waals surface area contributed by atoms with E-state index in [-0.39, 0.29) is 18.1 Å². The predicted molar refractivity (Wildman–Crippen MR) is 114 cm³/mol. The molecule has 4 rings (SSSR count). The van der Waals surface area contributed by atoms with Crippen molar-refractivity contribution in [2.45, 2.75) is 31.3 Å². The fourth-order valence-corrected chi connectivity index (χ4v) is 4.32. The maximum Gasteiger partial charge on any atom is 0.226 e. The zero-order valence-corrected chi connectivity index (χ0v) is 18.1. The molecule has 164 valence electrons. The number of Topliss-reactive ketones (excluding diaryl/α,β-unsaturated/α-hetero) is 1. The first-order chi connectivity index (χ1) is 15.0. The van der Waals surface area contributed by atoms with Crippen LogP contribution < -0.4 is 18.9 Å². The van der Waals surface area contributed by atoms with Crippen LogP contribution in [-0.4, -0.2) is 56.6 Å². The Balaban J connectivity index is 1.40. The number of amides is 1. The molecule has 7 heteroatoms. The van der Waals surface area contributed by atoms with Gasteiger partial charge < -0.3 is 23.8 Å². The summed E-state index contributed by atoms with van der Waals surface area (Å²) in [5.41, 5.74) is 0.894. The van der Waals surface area contributed by atoms with E-state index in [0.717, 1.165) is 5.56 Å². The van der Waals surface area contributed by atoms with E-state index >= 15 is 0 Å². The van der Waals surface area contributed by atoms with Crippen molar-refractivity contribution in [1.29, 1.82) is 0 Å². The Hall–Kier alpha value is -3.22. The molecule has 2 aliphatic rings. The number of nitrogens with zero attached hydrogens (tertiary/aromatic N) is 1. The van der Waals surface area contributed by atoms with Crippen molar-refractivity contribution >= 4 is 11.7 Å². The average Bonchev–Trinajstić information content (AvgIpc) is 2.79. The van der Waals surface area contributed by atoms with Gasteiger partial charge in [0.2, 0.25) is 5.91 Å². The van der Waals surface area contributed by atoms with Gasteiger partial charge in [-0.1, -0.05) is 6.07 Å². The number of carbonyl (C=O) groups is 2. The van der Waals surface area contributed by atoms with E-state index in [1.165, 1.54) is 0 Å². The maximum atomic E-state index is 12.9. The molecule has 0 atom stereocenters. The molecular formula is C24H27NO6. The first kappa shape index (κ1) is 21.0. The monoisotopic (exact) mass is 425 g/mol. The van der Waals surface area contributed by atoms with Gasteiger partial charge >= 0.3 is 0 Å². The van der Waals surface area contributed by atoms with Gasteiger partial charge in [-0.05, 0) is 35.9 Å². The Bertz CT molecular complexity index is 994. The minimum Gasteiger partial charge on any atom is -0.497 e. The summed E-state index contributed by atoms with van der Waals surface area (Å²) in [7, 11) is 4.73. The SMILES string of the molecule is COc1ccc2c(c1)C(=O)CC1(CCN(C(=O)Cc3ccc(OC)c(OC)c3)CC1)O2. The van der Waals surface area contributed by atoms with Crippen molar-refractivity contribution in [2.24, 2.45) is 0 Å². The topological polar surface area (TPSA) is 74.3 Å². The zero-order chi connectivity index (χ0) is 22.0. The lowest BCUT2D eigenvalue weighted by molar-refractivity contribution is -0.134. The highest BCUT2D eigenvalue weighted by Gasteiger charge is 2.43. The lowest BCUT2D eigenvalue weighted by Crippen LogP contribution is -2.52. The highest BCUT2D eigenvalue weighted by molar-refractivity contribution is 6.00.